The molecule has 0 amide bonds. The van der Waals surface area contributed by atoms with Crippen molar-refractivity contribution in [1.29, 1.82) is 0 Å². The van der Waals surface area contributed by atoms with Gasteiger partial charge in [-0.1, -0.05) is 81.6 Å². The van der Waals surface area contributed by atoms with Crippen LogP contribution in [0.15, 0.2) is 12.2 Å². The molecule has 0 bridgehead atoms. The van der Waals surface area contributed by atoms with Gasteiger partial charge in [-0.05, 0) is 12.8 Å². The van der Waals surface area contributed by atoms with Gasteiger partial charge in [-0.3, -0.25) is 0 Å². The van der Waals surface area contributed by atoms with Crippen molar-refractivity contribution in [2.24, 2.45) is 0 Å². The van der Waals surface area contributed by atoms with Crippen LogP contribution >= 0.6 is 0 Å². The van der Waals surface area contributed by atoms with E-state index in [4.69, 9.17) is 0 Å². The second-order valence-corrected chi connectivity index (χ2v) is 5.94. The van der Waals surface area contributed by atoms with E-state index in [9.17, 15) is 0 Å². The predicted octanol–water partition coefficient (Wildman–Crippen LogP) is 4.87. The molecule has 0 saturated heterocycles. The lowest BCUT2D eigenvalue weighted by molar-refractivity contribution is 0.496. The van der Waals surface area contributed by atoms with E-state index in [1.165, 1.54) is 70.6 Å². The lowest BCUT2D eigenvalue weighted by Crippen LogP contribution is -2.12. The molecule has 90 valence electrons. The highest BCUT2D eigenvalue weighted by Crippen LogP contribution is 2.33. The molecule has 16 heavy (non-hydrogen) atoms. The van der Waals surface area contributed by atoms with Gasteiger partial charge in [-0.2, -0.15) is 0 Å². The van der Waals surface area contributed by atoms with E-state index in [0.29, 0.717) is 0 Å². The molecule has 2 aliphatic rings. The molecule has 0 aromatic rings. The van der Waals surface area contributed by atoms with Crippen molar-refractivity contribution in [2.75, 3.05) is 0 Å². The van der Waals surface area contributed by atoms with E-state index in [1.807, 2.05) is 0 Å². The summed E-state index contributed by atoms with van der Waals surface area (Å²) in [6.07, 6.45) is 21.0. The third kappa shape index (κ3) is 4.35. The van der Waals surface area contributed by atoms with Crippen molar-refractivity contribution < 1.29 is 0 Å². The molecular weight excluding hydrogens is 191 g/mol. The summed E-state index contributed by atoms with van der Waals surface area (Å²) in [5, 5.41) is 0. The Labute approximate surface area is 102 Å². The van der Waals surface area contributed by atoms with Crippen LogP contribution in [-0.2, 0) is 0 Å². The summed E-state index contributed by atoms with van der Waals surface area (Å²) in [6.45, 7) is 0. The van der Waals surface area contributed by atoms with E-state index in [-0.39, 0.29) is 0 Å². The van der Waals surface area contributed by atoms with Gasteiger partial charge in [0.1, 0.15) is 7.28 Å². The highest BCUT2D eigenvalue weighted by molar-refractivity contribution is 6.39. The fourth-order valence-corrected chi connectivity index (χ4v) is 3.53. The lowest BCUT2D eigenvalue weighted by atomic mass is 9.50. The summed E-state index contributed by atoms with van der Waals surface area (Å²) < 4.78 is 0. The molecule has 0 heterocycles. The fraction of sp³-hybridized carbons (Fsp3) is 0.867. The first kappa shape index (κ1) is 12.3. The summed E-state index contributed by atoms with van der Waals surface area (Å²) in [4.78, 5) is 0. The Hall–Kier alpha value is -0.195. The summed E-state index contributed by atoms with van der Waals surface area (Å²) in [6, 6.07) is 0. The molecule has 0 nitrogen and oxygen atoms in total. The molecule has 2 rings (SSSR count). The first-order valence-corrected chi connectivity index (χ1v) is 7.60. The normalized spacial score (nSPS) is 25.8. The van der Waals surface area contributed by atoms with Crippen molar-refractivity contribution in [3.8, 4) is 0 Å². The molecule has 0 N–H and O–H groups in total. The summed E-state index contributed by atoms with van der Waals surface area (Å²) in [5.41, 5.74) is 0. The topological polar surface area (TPSA) is 0 Å². The van der Waals surface area contributed by atoms with E-state index < -0.39 is 0 Å². The molecule has 0 spiro atoms. The van der Waals surface area contributed by atoms with Gasteiger partial charge in [-0.15, -0.1) is 0 Å². The van der Waals surface area contributed by atoms with Gasteiger partial charge in [0.15, 0.2) is 0 Å². The Bertz CT molecular complexity index is 191. The molecule has 0 atom stereocenters. The maximum absolute atomic E-state index is 2.40. The maximum atomic E-state index is 2.40. The van der Waals surface area contributed by atoms with Crippen molar-refractivity contribution in [2.45, 2.75) is 82.3 Å². The SMILES string of the molecule is B(C1CCC=CCC1)C1CCCCCCC1. The van der Waals surface area contributed by atoms with Crippen molar-refractivity contribution >= 4 is 7.28 Å². The molecule has 0 aliphatic heterocycles. The van der Waals surface area contributed by atoms with Gasteiger partial charge >= 0.3 is 0 Å². The molecule has 1 saturated carbocycles. The maximum Gasteiger partial charge on any atom is 0.127 e. The Morgan fingerprint density at radius 2 is 1.12 bits per heavy atom. The third-order valence-electron chi connectivity index (χ3n) is 4.54. The number of rotatable bonds is 2. The second kappa shape index (κ2) is 7.19. The molecule has 0 aromatic heterocycles. The van der Waals surface area contributed by atoms with Crippen LogP contribution in [-0.4, -0.2) is 7.28 Å². The minimum Gasteiger partial charge on any atom is -0.0886 e. The third-order valence-corrected chi connectivity index (χ3v) is 4.54. The van der Waals surface area contributed by atoms with Crippen LogP contribution in [0, 0.1) is 0 Å². The lowest BCUT2D eigenvalue weighted by Gasteiger charge is -2.23. The Morgan fingerprint density at radius 1 is 0.625 bits per heavy atom. The molecular formula is C15H27B. The van der Waals surface area contributed by atoms with E-state index in [2.05, 4.69) is 12.2 Å². The van der Waals surface area contributed by atoms with Gasteiger partial charge in [0.05, 0.1) is 0 Å². The van der Waals surface area contributed by atoms with Crippen LogP contribution < -0.4 is 0 Å². The van der Waals surface area contributed by atoms with E-state index >= 15 is 0 Å². The highest BCUT2D eigenvalue weighted by Gasteiger charge is 2.19. The molecule has 0 radical (unpaired) electrons. The summed E-state index contributed by atoms with van der Waals surface area (Å²) in [7, 11) is 1.54. The van der Waals surface area contributed by atoms with Crippen molar-refractivity contribution in [3.63, 3.8) is 0 Å². The highest BCUT2D eigenvalue weighted by atomic mass is 14.1. The molecule has 0 unspecified atom stereocenters. The molecule has 2 aliphatic carbocycles. The van der Waals surface area contributed by atoms with Gasteiger partial charge in [0, 0.05) is 0 Å². The Balaban J connectivity index is 1.73. The average molecular weight is 218 g/mol. The zero-order valence-corrected chi connectivity index (χ0v) is 10.8. The minimum atomic E-state index is 1.04. The molecule has 0 aromatic carbocycles. The standard InChI is InChI=1S/C15H27B/c1-2-6-10-14(11-7-3-1)16-15-12-8-4-5-9-13-15/h4-5,14-16H,1-3,6-13H2. The van der Waals surface area contributed by atoms with Gasteiger partial charge < -0.3 is 0 Å². The van der Waals surface area contributed by atoms with Gasteiger partial charge in [0.25, 0.3) is 0 Å². The van der Waals surface area contributed by atoms with Gasteiger partial charge in [-0.25, -0.2) is 0 Å². The second-order valence-electron chi connectivity index (χ2n) is 5.94. The molecule has 1 fully saturated rings. The zero-order chi connectivity index (χ0) is 11.1. The number of allylic oxidation sites excluding steroid dienone is 2. The minimum absolute atomic E-state index is 1.04. The van der Waals surface area contributed by atoms with Crippen LogP contribution in [0.25, 0.3) is 0 Å². The van der Waals surface area contributed by atoms with Crippen LogP contribution in [0.5, 0.6) is 0 Å². The van der Waals surface area contributed by atoms with Crippen LogP contribution in [0.2, 0.25) is 11.6 Å². The predicted molar refractivity (Wildman–Crippen MR) is 74.6 cm³/mol. The van der Waals surface area contributed by atoms with Crippen LogP contribution in [0.3, 0.4) is 0 Å². The number of hydrogen-bond acceptors (Lipinski definition) is 0. The van der Waals surface area contributed by atoms with Gasteiger partial charge in [0.2, 0.25) is 0 Å². The van der Waals surface area contributed by atoms with E-state index in [1.54, 1.807) is 7.28 Å². The van der Waals surface area contributed by atoms with E-state index in [0.717, 1.165) is 11.6 Å². The largest absolute Gasteiger partial charge is 0.127 e. The first-order valence-electron chi connectivity index (χ1n) is 7.60. The van der Waals surface area contributed by atoms with Crippen LogP contribution in [0.4, 0.5) is 0 Å². The monoisotopic (exact) mass is 218 g/mol. The van der Waals surface area contributed by atoms with Crippen molar-refractivity contribution in [3.05, 3.63) is 12.2 Å². The fourth-order valence-electron chi connectivity index (χ4n) is 3.53. The quantitative estimate of drug-likeness (QED) is 0.458. The van der Waals surface area contributed by atoms with Crippen molar-refractivity contribution in [1.82, 2.24) is 0 Å². The Kier molecular flexibility index (Phi) is 5.51. The first-order chi connectivity index (χ1) is 7.95. The smallest absolute Gasteiger partial charge is 0.0886 e. The summed E-state index contributed by atoms with van der Waals surface area (Å²) in [5.74, 6) is 2.11. The number of hydrogen-bond donors (Lipinski definition) is 0. The average Bonchev–Trinajstić information content (AvgIpc) is 2.50. The summed E-state index contributed by atoms with van der Waals surface area (Å²) >= 11 is 0. The zero-order valence-electron chi connectivity index (χ0n) is 10.8. The molecule has 1 heteroatoms. The van der Waals surface area contributed by atoms with Crippen LogP contribution in [0.1, 0.15) is 70.6 Å². The Morgan fingerprint density at radius 3 is 1.75 bits per heavy atom.